The monoisotopic (exact) mass is 301 g/mol. The maximum atomic E-state index is 12.4. The maximum Gasteiger partial charge on any atom is 0.261 e. The molecule has 0 bridgehead atoms. The minimum absolute atomic E-state index is 0.00719. The number of carbonyl (C=O) groups is 1. The molecule has 1 aliphatic rings. The number of fused-ring (bicyclic) bond motifs is 1. The number of hydrogen-bond acceptors (Lipinski definition) is 2. The lowest BCUT2D eigenvalue weighted by Crippen LogP contribution is -2.34. The lowest BCUT2D eigenvalue weighted by atomic mass is 10.1. The smallest absolute Gasteiger partial charge is 0.261 e. The van der Waals surface area contributed by atoms with Gasteiger partial charge in [-0.25, -0.2) is 0 Å². The number of carbonyl (C=O) groups excluding carboxylic acids is 1. The molecule has 4 heteroatoms. The van der Waals surface area contributed by atoms with Crippen LogP contribution in [0.15, 0.2) is 48.5 Å². The zero-order valence-corrected chi connectivity index (χ0v) is 12.5. The number of halogens is 1. The van der Waals surface area contributed by atoms with Crippen LogP contribution in [0.1, 0.15) is 24.1 Å². The summed E-state index contributed by atoms with van der Waals surface area (Å²) < 4.78 is 5.58. The highest BCUT2D eigenvalue weighted by Gasteiger charge is 2.26. The fourth-order valence-electron chi connectivity index (χ4n) is 2.57. The molecule has 1 amide bonds. The van der Waals surface area contributed by atoms with E-state index in [-0.39, 0.29) is 18.6 Å². The van der Waals surface area contributed by atoms with Gasteiger partial charge in [-0.2, -0.15) is 0 Å². The van der Waals surface area contributed by atoms with Crippen LogP contribution in [0.2, 0.25) is 5.02 Å². The van der Waals surface area contributed by atoms with Gasteiger partial charge in [-0.05, 0) is 30.7 Å². The van der Waals surface area contributed by atoms with Crippen LogP contribution >= 0.6 is 11.6 Å². The molecule has 1 aliphatic heterocycles. The van der Waals surface area contributed by atoms with E-state index in [1.54, 1.807) is 6.07 Å². The fourth-order valence-corrected chi connectivity index (χ4v) is 2.77. The van der Waals surface area contributed by atoms with Crippen LogP contribution in [0.25, 0.3) is 0 Å². The van der Waals surface area contributed by atoms with Gasteiger partial charge in [0.25, 0.3) is 5.91 Å². The first-order valence-corrected chi connectivity index (χ1v) is 7.28. The van der Waals surface area contributed by atoms with Gasteiger partial charge in [0.05, 0.1) is 12.6 Å². The third-order valence-corrected chi connectivity index (χ3v) is 4.02. The molecule has 0 saturated heterocycles. The largest absolute Gasteiger partial charge is 0.483 e. The molecule has 0 aliphatic carbocycles. The topological polar surface area (TPSA) is 29.5 Å². The van der Waals surface area contributed by atoms with E-state index in [0.717, 1.165) is 16.9 Å². The highest BCUT2D eigenvalue weighted by Crippen LogP contribution is 2.30. The molecule has 2 aromatic rings. The molecule has 1 heterocycles. The number of ether oxygens (including phenoxy) is 1. The second-order valence-corrected chi connectivity index (χ2v) is 5.59. The molecule has 2 aromatic carbocycles. The van der Waals surface area contributed by atoms with Gasteiger partial charge in [-0.15, -0.1) is 0 Å². The molecular weight excluding hydrogens is 286 g/mol. The molecule has 0 saturated carbocycles. The third kappa shape index (κ3) is 2.88. The van der Waals surface area contributed by atoms with Gasteiger partial charge in [-0.1, -0.05) is 41.9 Å². The Bertz CT molecular complexity index is 657. The van der Waals surface area contributed by atoms with Gasteiger partial charge < -0.3 is 9.64 Å². The van der Waals surface area contributed by atoms with Crippen molar-refractivity contribution in [2.75, 3.05) is 6.61 Å². The van der Waals surface area contributed by atoms with Crippen molar-refractivity contribution in [2.24, 2.45) is 0 Å². The summed E-state index contributed by atoms with van der Waals surface area (Å²) >= 11 is 6.05. The summed E-state index contributed by atoms with van der Waals surface area (Å²) in [5.41, 5.74) is 2.05. The zero-order chi connectivity index (χ0) is 14.8. The van der Waals surface area contributed by atoms with Crippen LogP contribution in [0, 0.1) is 0 Å². The first-order chi connectivity index (χ1) is 10.1. The summed E-state index contributed by atoms with van der Waals surface area (Å²) in [5.74, 6) is 0.717. The van der Waals surface area contributed by atoms with E-state index in [2.05, 4.69) is 0 Å². The van der Waals surface area contributed by atoms with E-state index in [9.17, 15) is 4.79 Å². The quantitative estimate of drug-likeness (QED) is 0.844. The highest BCUT2D eigenvalue weighted by molar-refractivity contribution is 6.30. The summed E-state index contributed by atoms with van der Waals surface area (Å²) in [6.07, 6.45) is 0. The Balaban J connectivity index is 1.93. The van der Waals surface area contributed by atoms with Crippen molar-refractivity contribution in [3.8, 4) is 5.75 Å². The van der Waals surface area contributed by atoms with Crippen LogP contribution in [-0.4, -0.2) is 17.4 Å². The molecule has 0 radical (unpaired) electrons. The van der Waals surface area contributed by atoms with Gasteiger partial charge in [-0.3, -0.25) is 4.79 Å². The van der Waals surface area contributed by atoms with Crippen molar-refractivity contribution in [1.29, 1.82) is 0 Å². The molecule has 3 nitrogen and oxygen atoms in total. The number of amides is 1. The van der Waals surface area contributed by atoms with Gasteiger partial charge in [0.2, 0.25) is 0 Å². The SMILES string of the molecule is C[C@H](c1ccccc1)N1Cc2cc(Cl)ccc2OCC1=O. The van der Waals surface area contributed by atoms with Crippen molar-refractivity contribution in [3.63, 3.8) is 0 Å². The summed E-state index contributed by atoms with van der Waals surface area (Å²) in [4.78, 5) is 14.2. The van der Waals surface area contributed by atoms with E-state index in [1.165, 1.54) is 0 Å². The lowest BCUT2D eigenvalue weighted by Gasteiger charge is -2.28. The Morgan fingerprint density at radius 3 is 2.71 bits per heavy atom. The predicted octanol–water partition coefficient (Wildman–Crippen LogP) is 3.82. The van der Waals surface area contributed by atoms with Gasteiger partial charge in [0.1, 0.15) is 5.75 Å². The number of nitrogens with zero attached hydrogens (tertiary/aromatic N) is 1. The predicted molar refractivity (Wildman–Crippen MR) is 82.4 cm³/mol. The zero-order valence-electron chi connectivity index (χ0n) is 11.8. The van der Waals surface area contributed by atoms with Crippen molar-refractivity contribution in [2.45, 2.75) is 19.5 Å². The third-order valence-electron chi connectivity index (χ3n) is 3.78. The normalized spacial score (nSPS) is 15.9. The first-order valence-electron chi connectivity index (χ1n) is 6.91. The molecule has 108 valence electrons. The molecule has 3 rings (SSSR count). The molecular formula is C17H16ClNO2. The maximum absolute atomic E-state index is 12.4. The molecule has 0 spiro atoms. The van der Waals surface area contributed by atoms with Gasteiger partial charge >= 0.3 is 0 Å². The Kier molecular flexibility index (Phi) is 3.84. The molecule has 0 aromatic heterocycles. The van der Waals surface area contributed by atoms with Crippen molar-refractivity contribution in [1.82, 2.24) is 4.90 Å². The van der Waals surface area contributed by atoms with Crippen molar-refractivity contribution >= 4 is 17.5 Å². The Hall–Kier alpha value is -2.00. The Morgan fingerprint density at radius 1 is 1.19 bits per heavy atom. The van der Waals surface area contributed by atoms with Crippen LogP contribution in [0.4, 0.5) is 0 Å². The van der Waals surface area contributed by atoms with E-state index in [0.29, 0.717) is 11.6 Å². The van der Waals surface area contributed by atoms with E-state index in [4.69, 9.17) is 16.3 Å². The van der Waals surface area contributed by atoms with Gasteiger partial charge in [0, 0.05) is 10.6 Å². The summed E-state index contributed by atoms with van der Waals surface area (Å²) in [7, 11) is 0. The van der Waals surface area contributed by atoms with E-state index < -0.39 is 0 Å². The molecule has 0 fully saturated rings. The second kappa shape index (κ2) is 5.78. The van der Waals surface area contributed by atoms with Crippen LogP contribution < -0.4 is 4.74 Å². The second-order valence-electron chi connectivity index (χ2n) is 5.15. The van der Waals surface area contributed by atoms with E-state index >= 15 is 0 Å². The van der Waals surface area contributed by atoms with E-state index in [1.807, 2.05) is 54.3 Å². The molecule has 1 atom stereocenters. The number of hydrogen-bond donors (Lipinski definition) is 0. The lowest BCUT2D eigenvalue weighted by molar-refractivity contribution is -0.135. The van der Waals surface area contributed by atoms with Crippen molar-refractivity contribution < 1.29 is 9.53 Å². The number of rotatable bonds is 2. The Morgan fingerprint density at radius 2 is 1.95 bits per heavy atom. The summed E-state index contributed by atoms with van der Waals surface area (Å²) in [6.45, 7) is 2.60. The molecule has 0 unspecified atom stereocenters. The van der Waals surface area contributed by atoms with Crippen molar-refractivity contribution in [3.05, 3.63) is 64.7 Å². The van der Waals surface area contributed by atoms with Crippen LogP contribution in [0.3, 0.4) is 0 Å². The fraction of sp³-hybridized carbons (Fsp3) is 0.235. The Labute approximate surface area is 129 Å². The highest BCUT2D eigenvalue weighted by atomic mass is 35.5. The number of benzene rings is 2. The average molecular weight is 302 g/mol. The van der Waals surface area contributed by atoms with Crippen LogP contribution in [0.5, 0.6) is 5.75 Å². The average Bonchev–Trinajstić information content (AvgIpc) is 2.67. The van der Waals surface area contributed by atoms with Gasteiger partial charge in [0.15, 0.2) is 6.61 Å². The molecule has 21 heavy (non-hydrogen) atoms. The summed E-state index contributed by atoms with van der Waals surface area (Å²) in [6, 6.07) is 15.4. The minimum atomic E-state index is -0.0151. The minimum Gasteiger partial charge on any atom is -0.483 e. The van der Waals surface area contributed by atoms with Crippen LogP contribution in [-0.2, 0) is 11.3 Å². The molecule has 0 N–H and O–H groups in total. The first kappa shape index (κ1) is 14.0. The summed E-state index contributed by atoms with van der Waals surface area (Å²) in [5, 5.41) is 0.652. The standard InChI is InChI=1S/C17H16ClNO2/c1-12(13-5-3-2-4-6-13)19-10-14-9-15(18)7-8-16(14)21-11-17(19)20/h2-9,12H,10-11H2,1H3/t12-/m1/s1.